The van der Waals surface area contributed by atoms with Crippen LogP contribution in [0.15, 0.2) is 27.6 Å². The van der Waals surface area contributed by atoms with Gasteiger partial charge in [-0.3, -0.25) is 5.84 Å². The summed E-state index contributed by atoms with van der Waals surface area (Å²) in [7, 11) is -3.62. The molecule has 7 heteroatoms. The lowest BCUT2D eigenvalue weighted by atomic mass is 10.4. The molecule has 0 aliphatic rings. The van der Waals surface area contributed by atoms with Crippen LogP contribution in [0.1, 0.15) is 0 Å². The number of halogens is 2. The number of sulfonamides is 1. The van der Waals surface area contributed by atoms with Crippen molar-refractivity contribution in [1.82, 2.24) is 4.83 Å². The molecule has 0 amide bonds. The molecule has 0 saturated carbocycles. The number of nitrogens with two attached hydrogens (primary N) is 1. The van der Waals surface area contributed by atoms with Crippen molar-refractivity contribution in [3.8, 4) is 0 Å². The molecule has 0 spiro atoms. The lowest BCUT2D eigenvalue weighted by Gasteiger charge is -2.04. The second-order valence-electron chi connectivity index (χ2n) is 2.20. The standard InChI is InChI=1S/C6H6BrClN2O2S/c7-5-3-4(8)1-2-6(5)13(11,12)10-9/h1-3,10H,9H2. The first-order chi connectivity index (χ1) is 5.97. The quantitative estimate of drug-likeness (QED) is 0.634. The van der Waals surface area contributed by atoms with E-state index in [-0.39, 0.29) is 4.90 Å². The van der Waals surface area contributed by atoms with Gasteiger partial charge in [-0.1, -0.05) is 11.6 Å². The zero-order valence-electron chi connectivity index (χ0n) is 6.29. The first-order valence-corrected chi connectivity index (χ1v) is 5.80. The Morgan fingerprint density at radius 3 is 2.54 bits per heavy atom. The van der Waals surface area contributed by atoms with E-state index in [9.17, 15) is 8.42 Å². The fraction of sp³-hybridized carbons (Fsp3) is 0. The minimum atomic E-state index is -3.62. The number of hydrogen-bond donors (Lipinski definition) is 2. The van der Waals surface area contributed by atoms with Gasteiger partial charge in [0.05, 0.1) is 4.90 Å². The minimum Gasteiger partial charge on any atom is -0.257 e. The Hall–Kier alpha value is -0.140. The van der Waals surface area contributed by atoms with Crippen LogP contribution in [-0.4, -0.2) is 8.42 Å². The predicted octanol–water partition coefficient (Wildman–Crippen LogP) is 1.25. The molecule has 13 heavy (non-hydrogen) atoms. The molecule has 0 atom stereocenters. The Morgan fingerprint density at radius 2 is 2.08 bits per heavy atom. The first kappa shape index (κ1) is 10.9. The lowest BCUT2D eigenvalue weighted by Crippen LogP contribution is -2.30. The highest BCUT2D eigenvalue weighted by atomic mass is 79.9. The molecule has 0 fully saturated rings. The van der Waals surface area contributed by atoms with Crippen LogP contribution >= 0.6 is 27.5 Å². The van der Waals surface area contributed by atoms with Crippen LogP contribution in [0, 0.1) is 0 Å². The Morgan fingerprint density at radius 1 is 1.46 bits per heavy atom. The monoisotopic (exact) mass is 284 g/mol. The summed E-state index contributed by atoms with van der Waals surface area (Å²) in [6.45, 7) is 0. The highest BCUT2D eigenvalue weighted by Crippen LogP contribution is 2.24. The van der Waals surface area contributed by atoms with Gasteiger partial charge < -0.3 is 0 Å². The average molecular weight is 286 g/mol. The molecule has 0 saturated heterocycles. The molecule has 0 heterocycles. The Kier molecular flexibility index (Phi) is 3.31. The number of nitrogens with one attached hydrogen (secondary N) is 1. The van der Waals surface area contributed by atoms with Crippen LogP contribution < -0.4 is 10.7 Å². The Labute approximate surface area is 89.2 Å². The summed E-state index contributed by atoms with van der Waals surface area (Å²) in [5.41, 5.74) is 0. The Balaban J connectivity index is 3.33. The summed E-state index contributed by atoms with van der Waals surface area (Å²) in [6.07, 6.45) is 0. The average Bonchev–Trinajstić information content (AvgIpc) is 2.03. The highest BCUT2D eigenvalue weighted by Gasteiger charge is 2.15. The molecule has 0 aliphatic heterocycles. The third-order valence-electron chi connectivity index (χ3n) is 1.34. The number of rotatable bonds is 2. The van der Waals surface area contributed by atoms with Crippen molar-refractivity contribution in [2.45, 2.75) is 4.90 Å². The van der Waals surface area contributed by atoms with Crippen molar-refractivity contribution in [2.24, 2.45) is 5.84 Å². The van der Waals surface area contributed by atoms with Gasteiger partial charge in [0, 0.05) is 9.50 Å². The van der Waals surface area contributed by atoms with Gasteiger partial charge >= 0.3 is 0 Å². The summed E-state index contributed by atoms with van der Waals surface area (Å²) in [6, 6.07) is 4.31. The van der Waals surface area contributed by atoms with E-state index in [1.54, 1.807) is 4.83 Å². The van der Waals surface area contributed by atoms with Gasteiger partial charge in [0.2, 0.25) is 0 Å². The van der Waals surface area contributed by atoms with Crippen LogP contribution in [0.5, 0.6) is 0 Å². The molecule has 0 aliphatic carbocycles. The van der Waals surface area contributed by atoms with Gasteiger partial charge in [0.1, 0.15) is 0 Å². The molecule has 1 aromatic rings. The molecular formula is C6H6BrClN2O2S. The second kappa shape index (κ2) is 3.93. The molecule has 0 unspecified atom stereocenters. The third-order valence-corrected chi connectivity index (χ3v) is 3.74. The summed E-state index contributed by atoms with van der Waals surface area (Å²) >= 11 is 8.70. The minimum absolute atomic E-state index is 0.0550. The van der Waals surface area contributed by atoms with Crippen molar-refractivity contribution in [3.63, 3.8) is 0 Å². The SMILES string of the molecule is NNS(=O)(=O)c1ccc(Cl)cc1Br. The highest BCUT2D eigenvalue weighted by molar-refractivity contribution is 9.10. The van der Waals surface area contributed by atoms with E-state index in [0.29, 0.717) is 9.50 Å². The maximum atomic E-state index is 11.2. The largest absolute Gasteiger partial charge is 0.257 e. The van der Waals surface area contributed by atoms with Crippen LogP contribution in [-0.2, 0) is 10.0 Å². The predicted molar refractivity (Wildman–Crippen MR) is 53.7 cm³/mol. The van der Waals surface area contributed by atoms with Gasteiger partial charge in [-0.15, -0.1) is 0 Å². The van der Waals surface area contributed by atoms with Crippen molar-refractivity contribution < 1.29 is 8.42 Å². The Bertz CT molecular complexity index is 421. The molecule has 0 bridgehead atoms. The topological polar surface area (TPSA) is 72.2 Å². The molecular weight excluding hydrogens is 280 g/mol. The smallest absolute Gasteiger partial charge is 0.254 e. The van der Waals surface area contributed by atoms with Gasteiger partial charge in [-0.2, -0.15) is 4.83 Å². The van der Waals surface area contributed by atoms with E-state index in [1.807, 2.05) is 0 Å². The summed E-state index contributed by atoms with van der Waals surface area (Å²) in [5.74, 6) is 4.85. The van der Waals surface area contributed by atoms with Crippen LogP contribution in [0.2, 0.25) is 5.02 Å². The van der Waals surface area contributed by atoms with Crippen LogP contribution in [0.25, 0.3) is 0 Å². The fourth-order valence-corrected chi connectivity index (χ4v) is 2.77. The first-order valence-electron chi connectivity index (χ1n) is 3.15. The summed E-state index contributed by atoms with van der Waals surface area (Å²) in [5, 5.41) is 0.447. The third kappa shape index (κ3) is 2.41. The zero-order valence-corrected chi connectivity index (χ0v) is 9.45. The molecule has 3 N–H and O–H groups in total. The normalized spacial score (nSPS) is 11.6. The summed E-state index contributed by atoms with van der Waals surface area (Å²) < 4.78 is 22.8. The van der Waals surface area contributed by atoms with Crippen molar-refractivity contribution in [1.29, 1.82) is 0 Å². The molecule has 0 aromatic heterocycles. The number of hydrogen-bond acceptors (Lipinski definition) is 3. The lowest BCUT2D eigenvalue weighted by molar-refractivity contribution is 0.583. The van der Waals surface area contributed by atoms with Gasteiger partial charge in [0.25, 0.3) is 10.0 Å². The fourth-order valence-electron chi connectivity index (χ4n) is 0.757. The van der Waals surface area contributed by atoms with Crippen LogP contribution in [0.4, 0.5) is 0 Å². The van der Waals surface area contributed by atoms with E-state index in [4.69, 9.17) is 17.4 Å². The number of hydrazine groups is 1. The van der Waals surface area contributed by atoms with Gasteiger partial charge in [-0.25, -0.2) is 8.42 Å². The van der Waals surface area contributed by atoms with E-state index in [0.717, 1.165) is 0 Å². The summed E-state index contributed by atoms with van der Waals surface area (Å²) in [4.78, 5) is 1.77. The van der Waals surface area contributed by atoms with Crippen molar-refractivity contribution >= 4 is 37.6 Å². The van der Waals surface area contributed by atoms with E-state index in [1.165, 1.54) is 18.2 Å². The molecule has 4 nitrogen and oxygen atoms in total. The van der Waals surface area contributed by atoms with E-state index in [2.05, 4.69) is 15.9 Å². The molecule has 72 valence electrons. The maximum Gasteiger partial charge on any atom is 0.254 e. The zero-order chi connectivity index (χ0) is 10.1. The molecule has 1 rings (SSSR count). The van der Waals surface area contributed by atoms with E-state index < -0.39 is 10.0 Å². The second-order valence-corrected chi connectivity index (χ2v) is 5.17. The van der Waals surface area contributed by atoms with Gasteiger partial charge in [0.15, 0.2) is 0 Å². The molecule has 1 aromatic carbocycles. The van der Waals surface area contributed by atoms with Gasteiger partial charge in [-0.05, 0) is 34.1 Å². The van der Waals surface area contributed by atoms with Crippen LogP contribution in [0.3, 0.4) is 0 Å². The van der Waals surface area contributed by atoms with E-state index >= 15 is 0 Å². The van der Waals surface area contributed by atoms with Crippen molar-refractivity contribution in [3.05, 3.63) is 27.7 Å². The van der Waals surface area contributed by atoms with Crippen molar-refractivity contribution in [2.75, 3.05) is 0 Å². The number of benzene rings is 1. The molecule has 0 radical (unpaired) electrons. The maximum absolute atomic E-state index is 11.2.